The second kappa shape index (κ2) is 7.23. The highest BCUT2D eigenvalue weighted by Gasteiger charge is 2.39. The lowest BCUT2D eigenvalue weighted by molar-refractivity contribution is 0.0190. The van der Waals surface area contributed by atoms with Gasteiger partial charge in [-0.3, -0.25) is 9.78 Å². The molecule has 0 unspecified atom stereocenters. The molecule has 1 N–H and O–H groups in total. The summed E-state index contributed by atoms with van der Waals surface area (Å²) in [5.74, 6) is -0.0417. The average molecular weight is 387 g/mol. The number of hydrogen-bond acceptors (Lipinski definition) is 4. The van der Waals surface area contributed by atoms with Crippen LogP contribution in [-0.2, 0) is 13.0 Å². The monoisotopic (exact) mass is 387 g/mol. The van der Waals surface area contributed by atoms with Gasteiger partial charge in [-0.05, 0) is 36.8 Å². The number of benzene rings is 1. The van der Waals surface area contributed by atoms with Gasteiger partial charge < -0.3 is 10.0 Å². The predicted molar refractivity (Wildman–Crippen MR) is 112 cm³/mol. The van der Waals surface area contributed by atoms with Crippen LogP contribution in [0.25, 0.3) is 10.8 Å². The lowest BCUT2D eigenvalue weighted by Gasteiger charge is -2.34. The van der Waals surface area contributed by atoms with Crippen LogP contribution in [-0.4, -0.2) is 38.0 Å². The van der Waals surface area contributed by atoms with Crippen molar-refractivity contribution in [1.29, 1.82) is 0 Å². The number of aliphatic hydroxyl groups is 1. The van der Waals surface area contributed by atoms with E-state index in [0.717, 1.165) is 59.0 Å². The first-order valence-corrected chi connectivity index (χ1v) is 10.4. The van der Waals surface area contributed by atoms with Crippen LogP contribution in [0.3, 0.4) is 0 Å². The summed E-state index contributed by atoms with van der Waals surface area (Å²) in [7, 11) is 0. The smallest absolute Gasteiger partial charge is 0.273 e. The molecule has 0 radical (unpaired) electrons. The molecular weight excluding hydrogens is 362 g/mol. The number of carbonyl (C=O) groups is 1. The van der Waals surface area contributed by atoms with E-state index in [-0.39, 0.29) is 11.9 Å². The lowest BCUT2D eigenvalue weighted by Crippen LogP contribution is -2.45. The standard InChI is InChI=1S/C24H25N3O2/c1-15-10-11-16(13-25-15)12-20-18-7-3-2-6-17(18)19-14-27(24(29)23(19)26-20)21-8-4-5-9-22(21)28/h2-3,6-7,10-11,13,21-22,28H,4-5,8-9,12,14H2,1H3/t21-,22-/m0/s1. The molecule has 0 bridgehead atoms. The minimum Gasteiger partial charge on any atom is -0.391 e. The highest BCUT2D eigenvalue weighted by molar-refractivity contribution is 6.03. The Kier molecular flexibility index (Phi) is 4.55. The molecule has 5 heteroatoms. The first kappa shape index (κ1) is 18.3. The van der Waals surface area contributed by atoms with Crippen molar-refractivity contribution in [2.24, 2.45) is 0 Å². The zero-order valence-electron chi connectivity index (χ0n) is 16.6. The minimum absolute atomic E-state index is 0.0417. The lowest BCUT2D eigenvalue weighted by atomic mass is 9.91. The number of rotatable bonds is 3. The SMILES string of the molecule is Cc1ccc(Cc2nc3c(c4ccccc24)CN([C@H]2CCCC[C@@H]2O)C3=O)cn1. The molecule has 2 atom stereocenters. The number of fused-ring (bicyclic) bond motifs is 3. The normalized spacial score (nSPS) is 21.6. The number of pyridine rings is 2. The molecular formula is C24H25N3O2. The fourth-order valence-corrected chi connectivity index (χ4v) is 4.76. The van der Waals surface area contributed by atoms with Crippen molar-refractivity contribution in [1.82, 2.24) is 14.9 Å². The zero-order chi connectivity index (χ0) is 20.0. The molecule has 148 valence electrons. The van der Waals surface area contributed by atoms with E-state index in [1.807, 2.05) is 36.2 Å². The Morgan fingerprint density at radius 2 is 1.90 bits per heavy atom. The Labute approximate surface area is 170 Å². The van der Waals surface area contributed by atoms with Crippen LogP contribution in [0.1, 0.15) is 58.7 Å². The Hall–Kier alpha value is -2.79. The summed E-state index contributed by atoms with van der Waals surface area (Å²) in [6.07, 6.45) is 5.80. The fraction of sp³-hybridized carbons (Fsp3) is 0.375. The van der Waals surface area contributed by atoms with Gasteiger partial charge >= 0.3 is 0 Å². The van der Waals surface area contributed by atoms with Gasteiger partial charge in [0.2, 0.25) is 0 Å². The molecule has 0 saturated heterocycles. The maximum Gasteiger partial charge on any atom is 0.273 e. The van der Waals surface area contributed by atoms with E-state index in [2.05, 4.69) is 23.2 Å². The van der Waals surface area contributed by atoms with E-state index in [1.54, 1.807) is 0 Å². The first-order valence-electron chi connectivity index (χ1n) is 10.4. The quantitative estimate of drug-likeness (QED) is 0.743. The maximum absolute atomic E-state index is 13.3. The van der Waals surface area contributed by atoms with Gasteiger partial charge in [-0.15, -0.1) is 0 Å². The van der Waals surface area contributed by atoms with Gasteiger partial charge in [-0.25, -0.2) is 4.98 Å². The predicted octanol–water partition coefficient (Wildman–Crippen LogP) is 3.79. The Balaban J connectivity index is 1.56. The van der Waals surface area contributed by atoms with Crippen molar-refractivity contribution < 1.29 is 9.90 Å². The molecule has 1 aliphatic heterocycles. The minimum atomic E-state index is -0.439. The molecule has 1 saturated carbocycles. The van der Waals surface area contributed by atoms with Crippen LogP contribution in [0.2, 0.25) is 0 Å². The van der Waals surface area contributed by atoms with Gasteiger partial charge in [0.15, 0.2) is 0 Å². The van der Waals surface area contributed by atoms with Crippen LogP contribution in [0.15, 0.2) is 42.6 Å². The summed E-state index contributed by atoms with van der Waals surface area (Å²) in [6, 6.07) is 12.2. The number of nitrogens with zero attached hydrogens (tertiary/aromatic N) is 3. The van der Waals surface area contributed by atoms with Crippen LogP contribution in [0, 0.1) is 6.92 Å². The van der Waals surface area contributed by atoms with Crippen molar-refractivity contribution in [3.8, 4) is 0 Å². The van der Waals surface area contributed by atoms with Crippen LogP contribution in [0.4, 0.5) is 0 Å². The van der Waals surface area contributed by atoms with Crippen molar-refractivity contribution in [2.45, 2.75) is 57.7 Å². The highest BCUT2D eigenvalue weighted by Crippen LogP contribution is 2.35. The molecule has 1 amide bonds. The number of carbonyl (C=O) groups excluding carboxylic acids is 1. The second-order valence-corrected chi connectivity index (χ2v) is 8.27. The van der Waals surface area contributed by atoms with E-state index in [9.17, 15) is 9.90 Å². The number of aliphatic hydroxyl groups excluding tert-OH is 1. The molecule has 2 aromatic heterocycles. The largest absolute Gasteiger partial charge is 0.391 e. The molecule has 0 spiro atoms. The summed E-state index contributed by atoms with van der Waals surface area (Å²) in [5.41, 5.74) is 4.52. The highest BCUT2D eigenvalue weighted by atomic mass is 16.3. The Morgan fingerprint density at radius 3 is 2.66 bits per heavy atom. The van der Waals surface area contributed by atoms with Gasteiger partial charge in [-0.1, -0.05) is 43.2 Å². The topological polar surface area (TPSA) is 66.3 Å². The third-order valence-electron chi connectivity index (χ3n) is 6.33. The van der Waals surface area contributed by atoms with Crippen LogP contribution >= 0.6 is 0 Å². The van der Waals surface area contributed by atoms with E-state index in [4.69, 9.17) is 4.98 Å². The summed E-state index contributed by atoms with van der Waals surface area (Å²) >= 11 is 0. The van der Waals surface area contributed by atoms with Gasteiger partial charge in [-0.2, -0.15) is 0 Å². The van der Waals surface area contributed by atoms with Gasteiger partial charge in [0.1, 0.15) is 5.69 Å². The van der Waals surface area contributed by atoms with Gasteiger partial charge in [0.05, 0.1) is 17.8 Å². The van der Waals surface area contributed by atoms with Crippen LogP contribution < -0.4 is 0 Å². The van der Waals surface area contributed by atoms with Crippen molar-refractivity contribution in [3.05, 3.63) is 70.8 Å². The van der Waals surface area contributed by atoms with E-state index < -0.39 is 6.10 Å². The molecule has 5 rings (SSSR count). The summed E-state index contributed by atoms with van der Waals surface area (Å²) in [4.78, 5) is 24.4. The number of amides is 1. The van der Waals surface area contributed by atoms with Gasteiger partial charge in [0.25, 0.3) is 5.91 Å². The van der Waals surface area contributed by atoms with E-state index >= 15 is 0 Å². The number of aromatic nitrogens is 2. The van der Waals surface area contributed by atoms with Gasteiger partial charge in [0, 0.05) is 35.8 Å². The summed E-state index contributed by atoms with van der Waals surface area (Å²) in [6.45, 7) is 2.51. The molecule has 5 nitrogen and oxygen atoms in total. The fourth-order valence-electron chi connectivity index (χ4n) is 4.76. The molecule has 29 heavy (non-hydrogen) atoms. The Bertz CT molecular complexity index is 1080. The summed E-state index contributed by atoms with van der Waals surface area (Å²) < 4.78 is 0. The second-order valence-electron chi connectivity index (χ2n) is 8.27. The van der Waals surface area contributed by atoms with E-state index in [0.29, 0.717) is 18.7 Å². The molecule has 1 aromatic carbocycles. The third kappa shape index (κ3) is 3.19. The van der Waals surface area contributed by atoms with Crippen LogP contribution in [0.5, 0.6) is 0 Å². The van der Waals surface area contributed by atoms with Crippen molar-refractivity contribution >= 4 is 16.7 Å². The third-order valence-corrected chi connectivity index (χ3v) is 6.33. The first-order chi connectivity index (χ1) is 14.1. The van der Waals surface area contributed by atoms with Crippen molar-refractivity contribution in [3.63, 3.8) is 0 Å². The number of aryl methyl sites for hydroxylation is 1. The zero-order valence-corrected chi connectivity index (χ0v) is 16.6. The summed E-state index contributed by atoms with van der Waals surface area (Å²) in [5, 5.41) is 12.7. The molecule has 1 fully saturated rings. The number of hydrogen-bond donors (Lipinski definition) is 1. The molecule has 2 aliphatic rings. The van der Waals surface area contributed by atoms with E-state index in [1.165, 1.54) is 0 Å². The average Bonchev–Trinajstić information content (AvgIpc) is 3.07. The Morgan fingerprint density at radius 1 is 1.10 bits per heavy atom. The molecule has 3 heterocycles. The molecule has 1 aliphatic carbocycles. The van der Waals surface area contributed by atoms with Crippen molar-refractivity contribution in [2.75, 3.05) is 0 Å². The molecule has 3 aromatic rings. The maximum atomic E-state index is 13.3.